The number of rotatable bonds is 5. The topological polar surface area (TPSA) is 86.5 Å². The summed E-state index contributed by atoms with van der Waals surface area (Å²) in [6, 6.07) is 8.47. The van der Waals surface area contributed by atoms with Crippen LogP contribution < -0.4 is 5.73 Å². The second kappa shape index (κ2) is 9.57. The Morgan fingerprint density at radius 1 is 1.00 bits per heavy atom. The molecule has 3 aliphatic rings. The summed E-state index contributed by atoms with van der Waals surface area (Å²) in [4.78, 5) is 40.8. The van der Waals surface area contributed by atoms with E-state index in [2.05, 4.69) is 6.92 Å². The molecule has 2 N–H and O–H groups in total. The van der Waals surface area contributed by atoms with Gasteiger partial charge in [0, 0.05) is 21.6 Å². The number of fused-ring (bicyclic) bond motifs is 3. The Balaban J connectivity index is 1.49. The van der Waals surface area contributed by atoms with E-state index < -0.39 is 5.97 Å². The molecular formula is C28H31NO4S. The highest BCUT2D eigenvalue weighted by Gasteiger charge is 2.37. The van der Waals surface area contributed by atoms with Crippen LogP contribution in [-0.4, -0.2) is 29.4 Å². The molecule has 0 aromatic heterocycles. The van der Waals surface area contributed by atoms with Crippen LogP contribution in [0.4, 0.5) is 5.69 Å². The summed E-state index contributed by atoms with van der Waals surface area (Å²) in [6.45, 7) is 2.05. The maximum Gasteiger partial charge on any atom is 0.340 e. The van der Waals surface area contributed by atoms with Gasteiger partial charge >= 0.3 is 5.97 Å². The number of nitrogens with two attached hydrogens (primary N) is 1. The smallest absolute Gasteiger partial charge is 0.340 e. The monoisotopic (exact) mass is 477 g/mol. The van der Waals surface area contributed by atoms with Crippen molar-refractivity contribution in [1.29, 1.82) is 0 Å². The number of nitrogen functional groups attached to an aromatic ring is 1. The van der Waals surface area contributed by atoms with Gasteiger partial charge in [-0.25, -0.2) is 4.79 Å². The van der Waals surface area contributed by atoms with E-state index in [1.54, 1.807) is 30.3 Å². The van der Waals surface area contributed by atoms with E-state index in [1.807, 2.05) is 0 Å². The van der Waals surface area contributed by atoms with Crippen molar-refractivity contribution in [3.63, 3.8) is 0 Å². The van der Waals surface area contributed by atoms with E-state index in [1.165, 1.54) is 37.4 Å². The largest absolute Gasteiger partial charge is 0.459 e. The molecule has 0 aliphatic heterocycles. The van der Waals surface area contributed by atoms with Crippen molar-refractivity contribution in [2.75, 3.05) is 11.5 Å². The number of hydrogen-bond donors (Lipinski definition) is 1. The van der Waals surface area contributed by atoms with Gasteiger partial charge in [-0.1, -0.05) is 56.9 Å². The molecule has 6 heteroatoms. The van der Waals surface area contributed by atoms with E-state index in [-0.39, 0.29) is 34.5 Å². The van der Waals surface area contributed by atoms with Crippen molar-refractivity contribution < 1.29 is 19.1 Å². The van der Waals surface area contributed by atoms with Crippen LogP contribution in [0.15, 0.2) is 35.2 Å². The minimum Gasteiger partial charge on any atom is -0.459 e. The van der Waals surface area contributed by atoms with Gasteiger partial charge in [0.1, 0.15) is 6.10 Å². The van der Waals surface area contributed by atoms with Gasteiger partial charge in [0.25, 0.3) is 0 Å². The van der Waals surface area contributed by atoms with Gasteiger partial charge in [-0.05, 0) is 49.3 Å². The Kier molecular flexibility index (Phi) is 6.52. The molecule has 34 heavy (non-hydrogen) atoms. The quantitative estimate of drug-likeness (QED) is 0.273. The van der Waals surface area contributed by atoms with Gasteiger partial charge in [-0.15, -0.1) is 11.8 Å². The number of carbonyl (C=O) groups is 3. The summed E-state index contributed by atoms with van der Waals surface area (Å²) < 4.78 is 5.96. The third-order valence-corrected chi connectivity index (χ3v) is 8.89. The fraction of sp³-hybridized carbons (Fsp3) is 0.464. The van der Waals surface area contributed by atoms with Gasteiger partial charge in [-0.3, -0.25) is 9.59 Å². The zero-order valence-electron chi connectivity index (χ0n) is 19.6. The first-order valence-electron chi connectivity index (χ1n) is 12.5. The van der Waals surface area contributed by atoms with Gasteiger partial charge in [0.2, 0.25) is 0 Å². The van der Waals surface area contributed by atoms with Crippen LogP contribution in [0.3, 0.4) is 0 Å². The molecule has 0 heterocycles. The van der Waals surface area contributed by atoms with Crippen molar-refractivity contribution in [2.24, 2.45) is 11.8 Å². The molecule has 0 amide bonds. The minimum absolute atomic E-state index is 0.0556. The zero-order valence-corrected chi connectivity index (χ0v) is 20.4. The summed E-state index contributed by atoms with van der Waals surface area (Å²) in [5, 5.41) is 0. The number of anilines is 1. The SMILES string of the molecule is CCCSc1cc(C(=O)O[C@@H]2CC[C@@H]3CCCCC3C2)c(N)c2c1C(=O)c1ccccc1C2=O. The summed E-state index contributed by atoms with van der Waals surface area (Å²) in [7, 11) is 0. The normalized spacial score (nSPS) is 23.6. The number of thioether (sulfide) groups is 1. The van der Waals surface area contributed by atoms with Crippen molar-refractivity contribution in [2.45, 2.75) is 69.3 Å². The maximum atomic E-state index is 13.4. The van der Waals surface area contributed by atoms with Gasteiger partial charge in [-0.2, -0.15) is 0 Å². The number of ketones is 2. The molecule has 2 saturated carbocycles. The number of esters is 1. The number of ether oxygens (including phenoxy) is 1. The number of benzene rings is 2. The lowest BCUT2D eigenvalue weighted by atomic mass is 9.70. The summed E-state index contributed by atoms with van der Waals surface area (Å²) in [5.41, 5.74) is 7.88. The summed E-state index contributed by atoms with van der Waals surface area (Å²) >= 11 is 1.48. The molecule has 5 nitrogen and oxygen atoms in total. The molecule has 1 unspecified atom stereocenters. The Morgan fingerprint density at radius 2 is 1.68 bits per heavy atom. The molecular weight excluding hydrogens is 446 g/mol. The van der Waals surface area contributed by atoms with Crippen LogP contribution in [-0.2, 0) is 4.74 Å². The molecule has 2 aromatic carbocycles. The van der Waals surface area contributed by atoms with Gasteiger partial charge in [0.05, 0.1) is 16.8 Å². The maximum absolute atomic E-state index is 13.4. The first-order chi connectivity index (χ1) is 16.5. The predicted octanol–water partition coefficient (Wildman–Crippen LogP) is 6.06. The van der Waals surface area contributed by atoms with Crippen LogP contribution in [0.1, 0.15) is 100 Å². The number of hydrogen-bond acceptors (Lipinski definition) is 6. The Labute approximate surface area is 204 Å². The molecule has 0 spiro atoms. The third-order valence-electron chi connectivity index (χ3n) is 7.65. The molecule has 3 atom stereocenters. The molecule has 2 fully saturated rings. The first-order valence-corrected chi connectivity index (χ1v) is 13.5. The second-order valence-corrected chi connectivity index (χ2v) is 10.9. The summed E-state index contributed by atoms with van der Waals surface area (Å²) in [6.07, 6.45) is 8.74. The van der Waals surface area contributed by atoms with E-state index in [0.29, 0.717) is 27.5 Å². The fourth-order valence-electron chi connectivity index (χ4n) is 5.93. The average molecular weight is 478 g/mol. The van der Waals surface area contributed by atoms with Crippen molar-refractivity contribution in [3.8, 4) is 0 Å². The molecule has 0 bridgehead atoms. The Bertz CT molecular complexity index is 1160. The lowest BCUT2D eigenvalue weighted by Crippen LogP contribution is -2.33. The lowest BCUT2D eigenvalue weighted by molar-refractivity contribution is -0.000861. The van der Waals surface area contributed by atoms with E-state index in [4.69, 9.17) is 10.5 Å². The molecule has 5 rings (SSSR count). The first kappa shape index (κ1) is 23.2. The van der Waals surface area contributed by atoms with E-state index in [9.17, 15) is 14.4 Å². The molecule has 178 valence electrons. The summed E-state index contributed by atoms with van der Waals surface area (Å²) in [5.74, 6) is 1.15. The van der Waals surface area contributed by atoms with Crippen LogP contribution in [0.25, 0.3) is 0 Å². The van der Waals surface area contributed by atoms with Crippen molar-refractivity contribution >= 4 is 35.0 Å². The Hall–Kier alpha value is -2.60. The lowest BCUT2D eigenvalue weighted by Gasteiger charge is -2.38. The van der Waals surface area contributed by atoms with Gasteiger partial charge < -0.3 is 10.5 Å². The van der Waals surface area contributed by atoms with Gasteiger partial charge in [0.15, 0.2) is 11.6 Å². The molecule has 0 radical (unpaired) electrons. The fourth-order valence-corrected chi connectivity index (χ4v) is 6.89. The van der Waals surface area contributed by atoms with E-state index in [0.717, 1.165) is 37.4 Å². The van der Waals surface area contributed by atoms with Crippen LogP contribution in [0.5, 0.6) is 0 Å². The predicted molar refractivity (Wildman–Crippen MR) is 134 cm³/mol. The third kappa shape index (κ3) is 4.06. The standard InChI is InChI=1S/C28H31NO4S/c1-2-13-34-22-15-21(28(32)33-18-12-11-16-7-3-4-8-17(16)14-18)25(29)24-23(22)26(30)19-9-5-6-10-20(19)27(24)31/h5-6,9-10,15-18H,2-4,7-8,11-14,29H2,1H3/t16-,17?,18+/m0/s1. The number of carbonyl (C=O) groups excluding carboxylic acids is 3. The zero-order chi connectivity index (χ0) is 23.8. The molecule has 3 aliphatic carbocycles. The minimum atomic E-state index is -0.489. The highest BCUT2D eigenvalue weighted by molar-refractivity contribution is 7.99. The van der Waals surface area contributed by atoms with Crippen LogP contribution in [0, 0.1) is 11.8 Å². The highest BCUT2D eigenvalue weighted by atomic mass is 32.2. The molecule has 2 aromatic rings. The Morgan fingerprint density at radius 3 is 2.38 bits per heavy atom. The average Bonchev–Trinajstić information content (AvgIpc) is 2.86. The van der Waals surface area contributed by atoms with Crippen molar-refractivity contribution in [3.05, 3.63) is 58.1 Å². The molecule has 0 saturated heterocycles. The highest BCUT2D eigenvalue weighted by Crippen LogP contribution is 2.43. The second-order valence-electron chi connectivity index (χ2n) is 9.78. The van der Waals surface area contributed by atoms with Crippen LogP contribution >= 0.6 is 11.8 Å². The van der Waals surface area contributed by atoms with Crippen LogP contribution in [0.2, 0.25) is 0 Å². The van der Waals surface area contributed by atoms with E-state index >= 15 is 0 Å². The van der Waals surface area contributed by atoms with Crippen molar-refractivity contribution in [1.82, 2.24) is 0 Å².